The Labute approximate surface area is 167 Å². The molecule has 28 heavy (non-hydrogen) atoms. The van der Waals surface area contributed by atoms with Gasteiger partial charge in [0, 0.05) is 37.1 Å². The van der Waals surface area contributed by atoms with E-state index in [-0.39, 0.29) is 14.8 Å². The monoisotopic (exact) mass is 416 g/mol. The third-order valence-corrected chi connectivity index (χ3v) is 7.88. The van der Waals surface area contributed by atoms with Gasteiger partial charge in [-0.3, -0.25) is 9.69 Å². The molecule has 0 saturated heterocycles. The number of aromatic nitrogens is 3. The van der Waals surface area contributed by atoms with E-state index in [9.17, 15) is 13.2 Å². The van der Waals surface area contributed by atoms with E-state index in [4.69, 9.17) is 0 Å². The van der Waals surface area contributed by atoms with E-state index in [1.807, 2.05) is 6.92 Å². The summed E-state index contributed by atoms with van der Waals surface area (Å²) in [5.74, 6) is 0.630. The standard InChI is InChI=1S/C19H20N4O3S2/c1-12-3-5-15(6-4-12)28(25,26)19-20-9-14(27-19)10-23-8-7-17-16(11-23)18(24)22-13(2)21-17/h3-6,9H,7-8,10-11H2,1-2H3,(H,21,22,24). The van der Waals surface area contributed by atoms with E-state index in [0.717, 1.165) is 22.7 Å². The second-order valence-electron chi connectivity index (χ2n) is 6.95. The van der Waals surface area contributed by atoms with E-state index >= 15 is 0 Å². The molecule has 1 N–H and O–H groups in total. The highest BCUT2D eigenvalue weighted by atomic mass is 32.2. The van der Waals surface area contributed by atoms with Gasteiger partial charge < -0.3 is 4.98 Å². The quantitative estimate of drug-likeness (QED) is 0.701. The van der Waals surface area contributed by atoms with Gasteiger partial charge in [0.25, 0.3) is 5.56 Å². The van der Waals surface area contributed by atoms with Gasteiger partial charge in [-0.15, -0.1) is 11.3 Å². The molecule has 1 aliphatic rings. The van der Waals surface area contributed by atoms with Crippen molar-refractivity contribution in [3.8, 4) is 0 Å². The number of fused-ring (bicyclic) bond motifs is 1. The molecular weight excluding hydrogens is 396 g/mol. The molecule has 0 spiro atoms. The summed E-state index contributed by atoms with van der Waals surface area (Å²) >= 11 is 1.18. The molecule has 0 bridgehead atoms. The minimum atomic E-state index is -3.61. The zero-order valence-electron chi connectivity index (χ0n) is 15.6. The number of nitrogens with one attached hydrogen (secondary N) is 1. The molecule has 0 aliphatic carbocycles. The largest absolute Gasteiger partial charge is 0.310 e. The molecule has 1 aromatic carbocycles. The third kappa shape index (κ3) is 3.65. The average Bonchev–Trinajstić information content (AvgIpc) is 3.12. The highest BCUT2D eigenvalue weighted by Crippen LogP contribution is 2.27. The molecule has 0 atom stereocenters. The zero-order valence-corrected chi connectivity index (χ0v) is 17.2. The van der Waals surface area contributed by atoms with Crippen molar-refractivity contribution in [2.45, 2.75) is 42.6 Å². The highest BCUT2D eigenvalue weighted by molar-refractivity contribution is 7.93. The normalized spacial score (nSPS) is 14.8. The lowest BCUT2D eigenvalue weighted by molar-refractivity contribution is 0.243. The van der Waals surface area contributed by atoms with Crippen molar-refractivity contribution < 1.29 is 8.42 Å². The first-order valence-corrected chi connectivity index (χ1v) is 11.2. The van der Waals surface area contributed by atoms with Crippen LogP contribution in [0.5, 0.6) is 0 Å². The number of hydrogen-bond acceptors (Lipinski definition) is 7. The van der Waals surface area contributed by atoms with Crippen molar-refractivity contribution in [2.24, 2.45) is 0 Å². The second kappa shape index (κ2) is 7.23. The number of aryl methyl sites for hydroxylation is 2. The molecule has 0 amide bonds. The molecule has 0 unspecified atom stereocenters. The second-order valence-corrected chi connectivity index (χ2v) is 10.2. The first-order chi connectivity index (χ1) is 13.3. The number of aromatic amines is 1. The van der Waals surface area contributed by atoms with Crippen LogP contribution in [-0.4, -0.2) is 34.8 Å². The summed E-state index contributed by atoms with van der Waals surface area (Å²) in [6.07, 6.45) is 2.31. The maximum absolute atomic E-state index is 12.8. The Morgan fingerprint density at radius 3 is 2.71 bits per heavy atom. The minimum absolute atomic E-state index is 0.0962. The van der Waals surface area contributed by atoms with Gasteiger partial charge in [-0.05, 0) is 26.0 Å². The van der Waals surface area contributed by atoms with Crippen LogP contribution in [0, 0.1) is 13.8 Å². The Balaban J connectivity index is 1.53. The van der Waals surface area contributed by atoms with Crippen LogP contribution in [0.1, 0.15) is 27.5 Å². The maximum Gasteiger partial charge on any atom is 0.255 e. The van der Waals surface area contributed by atoms with Crippen LogP contribution >= 0.6 is 11.3 Å². The summed E-state index contributed by atoms with van der Waals surface area (Å²) in [5.41, 5.74) is 2.45. The molecule has 4 rings (SSSR count). The Kier molecular flexibility index (Phi) is 4.90. The van der Waals surface area contributed by atoms with Gasteiger partial charge in [-0.1, -0.05) is 17.7 Å². The summed E-state index contributed by atoms with van der Waals surface area (Å²) in [6, 6.07) is 6.77. The minimum Gasteiger partial charge on any atom is -0.310 e. The van der Waals surface area contributed by atoms with Crippen molar-refractivity contribution in [1.82, 2.24) is 19.9 Å². The molecule has 3 aromatic rings. The summed E-state index contributed by atoms with van der Waals surface area (Å²) in [4.78, 5) is 26.7. The maximum atomic E-state index is 12.8. The number of nitrogens with zero attached hydrogens (tertiary/aromatic N) is 3. The van der Waals surface area contributed by atoms with Crippen molar-refractivity contribution in [3.63, 3.8) is 0 Å². The molecule has 0 saturated carbocycles. The lowest BCUT2D eigenvalue weighted by Crippen LogP contribution is -2.35. The molecule has 0 radical (unpaired) electrons. The van der Waals surface area contributed by atoms with Crippen LogP contribution in [0.25, 0.3) is 0 Å². The van der Waals surface area contributed by atoms with Gasteiger partial charge in [0.15, 0.2) is 0 Å². The van der Waals surface area contributed by atoms with Crippen LogP contribution in [0.2, 0.25) is 0 Å². The van der Waals surface area contributed by atoms with E-state index in [1.54, 1.807) is 37.4 Å². The predicted molar refractivity (Wildman–Crippen MR) is 106 cm³/mol. The molecule has 1 aliphatic heterocycles. The molecule has 9 heteroatoms. The van der Waals surface area contributed by atoms with Gasteiger partial charge in [-0.2, -0.15) is 0 Å². The van der Waals surface area contributed by atoms with Crippen LogP contribution in [-0.2, 0) is 29.3 Å². The first kappa shape index (κ1) is 19.0. The smallest absolute Gasteiger partial charge is 0.255 e. The molecule has 3 heterocycles. The Hall–Kier alpha value is -2.36. The fourth-order valence-electron chi connectivity index (χ4n) is 3.27. The van der Waals surface area contributed by atoms with Crippen LogP contribution in [0.3, 0.4) is 0 Å². The lowest BCUT2D eigenvalue weighted by atomic mass is 10.1. The Morgan fingerprint density at radius 1 is 1.21 bits per heavy atom. The van der Waals surface area contributed by atoms with Gasteiger partial charge in [0.2, 0.25) is 14.2 Å². The van der Waals surface area contributed by atoms with Gasteiger partial charge in [0.1, 0.15) is 5.82 Å². The van der Waals surface area contributed by atoms with Crippen molar-refractivity contribution in [3.05, 3.63) is 68.3 Å². The average molecular weight is 417 g/mol. The van der Waals surface area contributed by atoms with Crippen LogP contribution in [0.4, 0.5) is 0 Å². The summed E-state index contributed by atoms with van der Waals surface area (Å²) < 4.78 is 25.6. The molecular formula is C19H20N4O3S2. The molecule has 7 nitrogen and oxygen atoms in total. The SMILES string of the molecule is Cc1ccc(S(=O)(=O)c2ncc(CN3CCc4nc(C)[nH]c(=O)c4C3)s2)cc1. The van der Waals surface area contributed by atoms with E-state index in [1.165, 1.54) is 11.3 Å². The number of H-pyrrole nitrogens is 1. The van der Waals surface area contributed by atoms with E-state index < -0.39 is 9.84 Å². The third-order valence-electron chi connectivity index (χ3n) is 4.74. The summed E-state index contributed by atoms with van der Waals surface area (Å²) in [6.45, 7) is 5.50. The number of benzene rings is 1. The Morgan fingerprint density at radius 2 is 1.96 bits per heavy atom. The number of thiazole rings is 1. The van der Waals surface area contributed by atoms with E-state index in [2.05, 4.69) is 19.9 Å². The van der Waals surface area contributed by atoms with Gasteiger partial charge in [-0.25, -0.2) is 18.4 Å². The van der Waals surface area contributed by atoms with Crippen molar-refractivity contribution >= 4 is 21.2 Å². The lowest BCUT2D eigenvalue weighted by Gasteiger charge is -2.26. The fraction of sp³-hybridized carbons (Fsp3) is 0.316. The molecule has 146 valence electrons. The highest BCUT2D eigenvalue weighted by Gasteiger charge is 2.24. The van der Waals surface area contributed by atoms with Gasteiger partial charge >= 0.3 is 0 Å². The van der Waals surface area contributed by atoms with Crippen molar-refractivity contribution in [1.29, 1.82) is 0 Å². The van der Waals surface area contributed by atoms with Crippen LogP contribution in [0.15, 0.2) is 44.5 Å². The number of sulfone groups is 1. The predicted octanol–water partition coefficient (Wildman–Crippen LogP) is 2.23. The fourth-order valence-corrected chi connectivity index (χ4v) is 5.88. The Bertz CT molecular complexity index is 1180. The van der Waals surface area contributed by atoms with Crippen LogP contribution < -0.4 is 5.56 Å². The van der Waals surface area contributed by atoms with E-state index in [0.29, 0.717) is 30.9 Å². The number of hydrogen-bond donors (Lipinski definition) is 1. The summed E-state index contributed by atoms with van der Waals surface area (Å²) in [5, 5.41) is 0. The molecule has 2 aromatic heterocycles. The van der Waals surface area contributed by atoms with Gasteiger partial charge in [0.05, 0.1) is 16.2 Å². The molecule has 0 fully saturated rings. The number of rotatable bonds is 4. The first-order valence-electron chi connectivity index (χ1n) is 8.90. The van der Waals surface area contributed by atoms with Crippen molar-refractivity contribution in [2.75, 3.05) is 6.54 Å². The topological polar surface area (TPSA) is 96.0 Å². The summed E-state index contributed by atoms with van der Waals surface area (Å²) in [7, 11) is -3.61. The zero-order chi connectivity index (χ0) is 19.9.